The van der Waals surface area contributed by atoms with Gasteiger partial charge in [-0.15, -0.1) is 0 Å². The molecule has 0 bridgehead atoms. The molecule has 0 amide bonds. The van der Waals surface area contributed by atoms with Crippen LogP contribution in [0.15, 0.2) is 24.3 Å². The Bertz CT molecular complexity index is 261. The van der Waals surface area contributed by atoms with Crippen molar-refractivity contribution in [3.63, 3.8) is 0 Å². The van der Waals surface area contributed by atoms with Gasteiger partial charge in [-0.3, -0.25) is 4.79 Å². The Labute approximate surface area is 114 Å². The van der Waals surface area contributed by atoms with Crippen LogP contribution in [-0.2, 0) is 20.2 Å². The normalized spacial score (nSPS) is 9.31. The molecule has 0 unspecified atom stereocenters. The van der Waals surface area contributed by atoms with Crippen LogP contribution >= 0.6 is 31.9 Å². The summed E-state index contributed by atoms with van der Waals surface area (Å²) in [5.74, 6) is 0. The summed E-state index contributed by atoms with van der Waals surface area (Å²) in [6.45, 7) is 4.05. The van der Waals surface area contributed by atoms with E-state index in [-0.39, 0.29) is 6.10 Å². The van der Waals surface area contributed by atoms with Gasteiger partial charge in [-0.1, -0.05) is 56.1 Å². The van der Waals surface area contributed by atoms with E-state index < -0.39 is 0 Å². The lowest BCUT2D eigenvalue weighted by molar-refractivity contribution is -0.131. The van der Waals surface area contributed by atoms with Crippen molar-refractivity contribution in [3.05, 3.63) is 35.4 Å². The SMILES string of the molecule is BrCc1ccc(CBr)cc1.CC(C)OC=O. The fraction of sp³-hybridized carbons (Fsp3) is 0.417. The van der Waals surface area contributed by atoms with E-state index in [1.54, 1.807) is 13.8 Å². The molecule has 4 heteroatoms. The third-order valence-corrected chi connectivity index (χ3v) is 2.95. The van der Waals surface area contributed by atoms with Crippen LogP contribution in [0.4, 0.5) is 0 Å². The lowest BCUT2D eigenvalue weighted by Crippen LogP contribution is -1.98. The first-order valence-electron chi connectivity index (χ1n) is 4.92. The van der Waals surface area contributed by atoms with E-state index in [0.717, 1.165) is 10.7 Å². The van der Waals surface area contributed by atoms with Crippen molar-refractivity contribution in [1.29, 1.82) is 0 Å². The second-order valence-corrected chi connectivity index (χ2v) is 4.49. The number of hydrogen-bond acceptors (Lipinski definition) is 2. The largest absolute Gasteiger partial charge is 0.465 e. The van der Waals surface area contributed by atoms with E-state index in [4.69, 9.17) is 0 Å². The number of rotatable bonds is 4. The Morgan fingerprint density at radius 1 is 1.12 bits per heavy atom. The van der Waals surface area contributed by atoms with Crippen LogP contribution in [0, 0.1) is 0 Å². The van der Waals surface area contributed by atoms with Crippen LogP contribution in [0.2, 0.25) is 0 Å². The van der Waals surface area contributed by atoms with Crippen LogP contribution in [0.3, 0.4) is 0 Å². The maximum absolute atomic E-state index is 9.39. The number of carbonyl (C=O) groups is 1. The average molecular weight is 352 g/mol. The topological polar surface area (TPSA) is 26.3 Å². The fourth-order valence-corrected chi connectivity index (χ4v) is 1.58. The molecule has 0 spiro atoms. The van der Waals surface area contributed by atoms with Crippen LogP contribution in [0.1, 0.15) is 25.0 Å². The van der Waals surface area contributed by atoms with Gasteiger partial charge in [-0.05, 0) is 25.0 Å². The fourth-order valence-electron chi connectivity index (χ4n) is 0.829. The summed E-state index contributed by atoms with van der Waals surface area (Å²) in [6, 6.07) is 8.52. The lowest BCUT2D eigenvalue weighted by atomic mass is 10.2. The van der Waals surface area contributed by atoms with E-state index in [9.17, 15) is 4.79 Å². The molecule has 0 saturated heterocycles. The van der Waals surface area contributed by atoms with Crippen LogP contribution in [-0.4, -0.2) is 12.6 Å². The van der Waals surface area contributed by atoms with Gasteiger partial charge in [0.1, 0.15) is 0 Å². The van der Waals surface area contributed by atoms with Crippen molar-refractivity contribution in [2.24, 2.45) is 0 Å². The van der Waals surface area contributed by atoms with Crippen molar-refractivity contribution in [3.8, 4) is 0 Å². The Morgan fingerprint density at radius 2 is 1.50 bits per heavy atom. The van der Waals surface area contributed by atoms with Crippen molar-refractivity contribution >= 4 is 38.3 Å². The zero-order chi connectivity index (χ0) is 12.4. The molecule has 0 aliphatic rings. The molecular formula is C12H16Br2O2. The number of hydrogen-bond donors (Lipinski definition) is 0. The molecule has 0 aliphatic heterocycles. The monoisotopic (exact) mass is 350 g/mol. The minimum Gasteiger partial charge on any atom is -0.465 e. The van der Waals surface area contributed by atoms with Crippen LogP contribution in [0.25, 0.3) is 0 Å². The summed E-state index contributed by atoms with van der Waals surface area (Å²) < 4.78 is 4.36. The summed E-state index contributed by atoms with van der Waals surface area (Å²) in [5.41, 5.74) is 2.65. The van der Waals surface area contributed by atoms with Gasteiger partial charge in [0, 0.05) is 10.7 Å². The Kier molecular flexibility index (Phi) is 9.63. The molecule has 0 radical (unpaired) electrons. The molecule has 0 heterocycles. The first-order valence-corrected chi connectivity index (χ1v) is 7.17. The molecule has 0 aromatic heterocycles. The van der Waals surface area contributed by atoms with Gasteiger partial charge in [-0.2, -0.15) is 0 Å². The number of carbonyl (C=O) groups excluding carboxylic acids is 1. The highest BCUT2D eigenvalue weighted by Crippen LogP contribution is 2.09. The second-order valence-electron chi connectivity index (χ2n) is 3.36. The highest BCUT2D eigenvalue weighted by molar-refractivity contribution is 9.08. The zero-order valence-electron chi connectivity index (χ0n) is 9.45. The van der Waals surface area contributed by atoms with E-state index >= 15 is 0 Å². The summed E-state index contributed by atoms with van der Waals surface area (Å²) in [7, 11) is 0. The maximum Gasteiger partial charge on any atom is 0.293 e. The van der Waals surface area contributed by atoms with Gasteiger partial charge in [0.25, 0.3) is 6.47 Å². The molecular weight excluding hydrogens is 336 g/mol. The molecule has 1 aromatic rings. The van der Waals surface area contributed by atoms with E-state index in [0.29, 0.717) is 6.47 Å². The second kappa shape index (κ2) is 9.85. The number of halogens is 2. The zero-order valence-corrected chi connectivity index (χ0v) is 12.6. The average Bonchev–Trinajstić information content (AvgIpc) is 2.30. The molecule has 0 atom stereocenters. The molecule has 2 nitrogen and oxygen atoms in total. The predicted octanol–water partition coefficient (Wildman–Crippen LogP) is 4.04. The quantitative estimate of drug-likeness (QED) is 0.604. The Balaban J connectivity index is 0.000000325. The Hall–Kier alpha value is -0.350. The van der Waals surface area contributed by atoms with Crippen molar-refractivity contribution in [2.45, 2.75) is 30.6 Å². The summed E-state index contributed by atoms with van der Waals surface area (Å²) in [6.07, 6.45) is 0.0301. The van der Waals surface area contributed by atoms with Gasteiger partial charge in [0.2, 0.25) is 0 Å². The van der Waals surface area contributed by atoms with Crippen molar-refractivity contribution < 1.29 is 9.53 Å². The number of benzene rings is 1. The highest BCUT2D eigenvalue weighted by Gasteiger charge is 1.89. The molecule has 0 N–H and O–H groups in total. The highest BCUT2D eigenvalue weighted by atomic mass is 79.9. The first-order chi connectivity index (χ1) is 7.63. The van der Waals surface area contributed by atoms with Crippen LogP contribution in [0.5, 0.6) is 0 Å². The summed E-state index contributed by atoms with van der Waals surface area (Å²) >= 11 is 6.78. The van der Waals surface area contributed by atoms with Gasteiger partial charge in [0.15, 0.2) is 0 Å². The van der Waals surface area contributed by atoms with Gasteiger partial charge < -0.3 is 4.74 Å². The standard InChI is InChI=1S/C8H8Br2.C4H8O2/c9-5-7-1-2-8(6-10)4-3-7;1-4(2)6-3-5/h1-4H,5-6H2;3-4H,1-2H3. The van der Waals surface area contributed by atoms with Gasteiger partial charge in [-0.25, -0.2) is 0 Å². The lowest BCUT2D eigenvalue weighted by Gasteiger charge is -1.96. The summed E-state index contributed by atoms with van der Waals surface area (Å²) in [5, 5.41) is 1.88. The van der Waals surface area contributed by atoms with E-state index in [2.05, 4.69) is 60.9 Å². The Morgan fingerprint density at radius 3 is 1.62 bits per heavy atom. The smallest absolute Gasteiger partial charge is 0.293 e. The molecule has 16 heavy (non-hydrogen) atoms. The molecule has 90 valence electrons. The summed E-state index contributed by atoms with van der Waals surface area (Å²) in [4.78, 5) is 9.39. The third-order valence-electron chi connectivity index (χ3n) is 1.66. The van der Waals surface area contributed by atoms with Gasteiger partial charge in [0.05, 0.1) is 6.10 Å². The molecule has 0 saturated carbocycles. The minimum absolute atomic E-state index is 0.0301. The minimum atomic E-state index is 0.0301. The third kappa shape index (κ3) is 7.88. The first kappa shape index (κ1) is 15.7. The molecule has 1 aromatic carbocycles. The molecule has 1 rings (SSSR count). The van der Waals surface area contributed by atoms with Crippen molar-refractivity contribution in [2.75, 3.05) is 0 Å². The molecule has 0 aliphatic carbocycles. The van der Waals surface area contributed by atoms with E-state index in [1.807, 2.05) is 0 Å². The van der Waals surface area contributed by atoms with Crippen LogP contribution < -0.4 is 0 Å². The predicted molar refractivity (Wildman–Crippen MR) is 74.0 cm³/mol. The number of ether oxygens (including phenoxy) is 1. The molecule has 0 fully saturated rings. The van der Waals surface area contributed by atoms with Gasteiger partial charge >= 0.3 is 0 Å². The van der Waals surface area contributed by atoms with Crippen molar-refractivity contribution in [1.82, 2.24) is 0 Å². The maximum atomic E-state index is 9.39. The number of alkyl halides is 2. The van der Waals surface area contributed by atoms with E-state index in [1.165, 1.54) is 11.1 Å².